The molecule has 0 aliphatic carbocycles. The summed E-state index contributed by atoms with van der Waals surface area (Å²) in [6, 6.07) is 0. The van der Waals surface area contributed by atoms with Crippen molar-refractivity contribution in [3.8, 4) is 0 Å². The van der Waals surface area contributed by atoms with Crippen LogP contribution in [-0.4, -0.2) is 11.5 Å². The Hall–Kier alpha value is -0.660. The lowest BCUT2D eigenvalue weighted by atomic mass is 9.98. The van der Waals surface area contributed by atoms with Gasteiger partial charge in [0.15, 0.2) is 5.78 Å². The number of ketones is 1. The van der Waals surface area contributed by atoms with E-state index in [1.54, 1.807) is 20.8 Å². The maximum absolute atomic E-state index is 13.2. The zero-order valence-corrected chi connectivity index (χ0v) is 8.44. The van der Waals surface area contributed by atoms with E-state index in [1.165, 1.54) is 19.9 Å². The number of carbonyl (C=O) groups is 1. The average molecular weight is 172 g/mol. The molecule has 0 fully saturated rings. The third-order valence-electron chi connectivity index (χ3n) is 1.87. The van der Waals surface area contributed by atoms with Gasteiger partial charge in [0.25, 0.3) is 0 Å². The number of alkyl halides is 1. The summed E-state index contributed by atoms with van der Waals surface area (Å²) < 4.78 is 13.2. The Kier molecular flexibility index (Phi) is 3.62. The molecule has 0 aromatic carbocycles. The fourth-order valence-corrected chi connectivity index (χ4v) is 0.552. The highest BCUT2D eigenvalue weighted by Gasteiger charge is 2.19. The molecular weight excluding hydrogens is 155 g/mol. The lowest BCUT2D eigenvalue weighted by Gasteiger charge is -2.14. The van der Waals surface area contributed by atoms with Crippen molar-refractivity contribution in [3.05, 3.63) is 11.6 Å². The summed E-state index contributed by atoms with van der Waals surface area (Å²) in [6.07, 6.45) is 1.39. The van der Waals surface area contributed by atoms with Gasteiger partial charge >= 0.3 is 0 Å². The Bertz CT molecular complexity index is 196. The second-order valence-electron chi connectivity index (χ2n) is 3.86. The maximum Gasteiger partial charge on any atom is 0.158 e. The predicted octanol–water partition coefficient (Wildman–Crippen LogP) is 2.91. The van der Waals surface area contributed by atoms with Crippen LogP contribution in [-0.2, 0) is 4.79 Å². The summed E-state index contributed by atoms with van der Waals surface area (Å²) in [6.45, 7) is 8.15. The first-order valence-corrected chi connectivity index (χ1v) is 4.16. The molecule has 12 heavy (non-hydrogen) atoms. The van der Waals surface area contributed by atoms with Crippen LogP contribution in [0.5, 0.6) is 0 Å². The highest BCUT2D eigenvalue weighted by atomic mass is 19.1. The predicted molar refractivity (Wildman–Crippen MR) is 48.8 cm³/mol. The maximum atomic E-state index is 13.2. The zero-order chi connectivity index (χ0) is 9.94. The number of halogens is 1. The lowest BCUT2D eigenvalue weighted by Crippen LogP contribution is -2.16. The third-order valence-corrected chi connectivity index (χ3v) is 1.87. The SMILES string of the molecule is C/C(=C/C(=O)C(C)C)C(C)(C)F. The number of rotatable bonds is 3. The number of allylic oxidation sites excluding steroid dienone is 2. The molecule has 0 N–H and O–H groups in total. The van der Waals surface area contributed by atoms with E-state index >= 15 is 0 Å². The van der Waals surface area contributed by atoms with E-state index in [2.05, 4.69) is 0 Å². The molecule has 0 aliphatic heterocycles. The van der Waals surface area contributed by atoms with Crippen LogP contribution in [0.2, 0.25) is 0 Å². The molecule has 0 radical (unpaired) electrons. The zero-order valence-electron chi connectivity index (χ0n) is 8.44. The van der Waals surface area contributed by atoms with Gasteiger partial charge in [0.05, 0.1) is 0 Å². The normalized spacial score (nSPS) is 13.8. The monoisotopic (exact) mass is 172 g/mol. The minimum absolute atomic E-state index is 0.0155. The molecule has 70 valence electrons. The standard InChI is InChI=1S/C10H17FO/c1-7(2)9(12)6-8(3)10(4,5)11/h6-7H,1-5H3/b8-6-. The first kappa shape index (κ1) is 11.3. The highest BCUT2D eigenvalue weighted by molar-refractivity contribution is 5.91. The number of hydrogen-bond donors (Lipinski definition) is 0. The molecule has 0 spiro atoms. The van der Waals surface area contributed by atoms with Crippen molar-refractivity contribution in [3.63, 3.8) is 0 Å². The van der Waals surface area contributed by atoms with Gasteiger partial charge in [-0.2, -0.15) is 0 Å². The second-order valence-corrected chi connectivity index (χ2v) is 3.86. The minimum atomic E-state index is -1.38. The van der Waals surface area contributed by atoms with Gasteiger partial charge in [0.2, 0.25) is 0 Å². The molecule has 0 aliphatic rings. The highest BCUT2D eigenvalue weighted by Crippen LogP contribution is 2.20. The first-order chi connectivity index (χ1) is 5.25. The fraction of sp³-hybridized carbons (Fsp3) is 0.700. The Morgan fingerprint density at radius 3 is 2.08 bits per heavy atom. The smallest absolute Gasteiger partial charge is 0.158 e. The van der Waals surface area contributed by atoms with Crippen molar-refractivity contribution < 1.29 is 9.18 Å². The van der Waals surface area contributed by atoms with E-state index in [0.29, 0.717) is 5.57 Å². The molecule has 0 bridgehead atoms. The van der Waals surface area contributed by atoms with Gasteiger partial charge in [0, 0.05) is 5.92 Å². The Balaban J connectivity index is 4.48. The van der Waals surface area contributed by atoms with Crippen molar-refractivity contribution in [2.24, 2.45) is 5.92 Å². The Morgan fingerprint density at radius 2 is 1.83 bits per heavy atom. The van der Waals surface area contributed by atoms with Crippen LogP contribution in [0.25, 0.3) is 0 Å². The van der Waals surface area contributed by atoms with Gasteiger partial charge in [-0.25, -0.2) is 4.39 Å². The van der Waals surface area contributed by atoms with E-state index in [0.717, 1.165) is 0 Å². The molecule has 0 aromatic heterocycles. The largest absolute Gasteiger partial charge is 0.295 e. The van der Waals surface area contributed by atoms with Gasteiger partial charge in [-0.15, -0.1) is 0 Å². The van der Waals surface area contributed by atoms with Crippen LogP contribution in [0, 0.1) is 5.92 Å². The molecule has 2 heteroatoms. The quantitative estimate of drug-likeness (QED) is 0.598. The van der Waals surface area contributed by atoms with E-state index in [1.807, 2.05) is 0 Å². The van der Waals surface area contributed by atoms with Crippen molar-refractivity contribution in [2.75, 3.05) is 0 Å². The van der Waals surface area contributed by atoms with Crippen molar-refractivity contribution in [1.29, 1.82) is 0 Å². The van der Waals surface area contributed by atoms with E-state index in [9.17, 15) is 9.18 Å². The summed E-state index contributed by atoms with van der Waals surface area (Å²) >= 11 is 0. The van der Waals surface area contributed by atoms with Gasteiger partial charge in [-0.3, -0.25) is 4.79 Å². The van der Waals surface area contributed by atoms with E-state index < -0.39 is 5.67 Å². The second kappa shape index (κ2) is 3.83. The van der Waals surface area contributed by atoms with Crippen molar-refractivity contribution in [1.82, 2.24) is 0 Å². The summed E-state index contributed by atoms with van der Waals surface area (Å²) in [5.41, 5.74) is -0.897. The van der Waals surface area contributed by atoms with Gasteiger partial charge in [0.1, 0.15) is 5.67 Å². The average Bonchev–Trinajstić information content (AvgIpc) is 1.85. The van der Waals surface area contributed by atoms with Crippen LogP contribution in [0.3, 0.4) is 0 Å². The molecule has 1 nitrogen and oxygen atoms in total. The van der Waals surface area contributed by atoms with Crippen LogP contribution >= 0.6 is 0 Å². The molecule has 0 amide bonds. The third kappa shape index (κ3) is 3.65. The lowest BCUT2D eigenvalue weighted by molar-refractivity contribution is -0.117. The molecule has 0 rings (SSSR count). The minimum Gasteiger partial charge on any atom is -0.295 e. The summed E-state index contributed by atoms with van der Waals surface area (Å²) in [7, 11) is 0. The van der Waals surface area contributed by atoms with E-state index in [4.69, 9.17) is 0 Å². The summed E-state index contributed by atoms with van der Waals surface area (Å²) in [5, 5.41) is 0. The first-order valence-electron chi connectivity index (χ1n) is 4.16. The van der Waals surface area contributed by atoms with Crippen LogP contribution in [0.15, 0.2) is 11.6 Å². The molecule has 0 heterocycles. The van der Waals surface area contributed by atoms with Crippen LogP contribution < -0.4 is 0 Å². The molecule has 0 atom stereocenters. The van der Waals surface area contributed by atoms with Crippen molar-refractivity contribution in [2.45, 2.75) is 40.3 Å². The van der Waals surface area contributed by atoms with Gasteiger partial charge in [-0.05, 0) is 32.4 Å². The van der Waals surface area contributed by atoms with Gasteiger partial charge < -0.3 is 0 Å². The van der Waals surface area contributed by atoms with Gasteiger partial charge in [-0.1, -0.05) is 13.8 Å². The van der Waals surface area contributed by atoms with Crippen molar-refractivity contribution >= 4 is 5.78 Å². The van der Waals surface area contributed by atoms with Crippen LogP contribution in [0.4, 0.5) is 4.39 Å². The Morgan fingerprint density at radius 1 is 1.42 bits per heavy atom. The van der Waals surface area contributed by atoms with Crippen LogP contribution in [0.1, 0.15) is 34.6 Å². The van der Waals surface area contributed by atoms with E-state index in [-0.39, 0.29) is 11.7 Å². The summed E-state index contributed by atoms with van der Waals surface area (Å²) in [4.78, 5) is 11.2. The number of carbonyl (C=O) groups excluding carboxylic acids is 1. The number of hydrogen-bond acceptors (Lipinski definition) is 1. The molecule has 0 saturated carbocycles. The Labute approximate surface area is 73.7 Å². The molecular formula is C10H17FO. The molecule has 0 aromatic rings. The fourth-order valence-electron chi connectivity index (χ4n) is 0.552. The molecule has 0 saturated heterocycles. The summed E-state index contributed by atoms with van der Waals surface area (Å²) in [5.74, 6) is -0.0690. The molecule has 0 unspecified atom stereocenters. The topological polar surface area (TPSA) is 17.1 Å².